The van der Waals surface area contributed by atoms with Gasteiger partial charge in [-0.15, -0.1) is 0 Å². The van der Waals surface area contributed by atoms with Gasteiger partial charge < -0.3 is 15.6 Å². The van der Waals surface area contributed by atoms with Crippen molar-refractivity contribution in [1.29, 1.82) is 0 Å². The van der Waals surface area contributed by atoms with Crippen LogP contribution in [0.3, 0.4) is 0 Å². The molecule has 7 heteroatoms. The topological polar surface area (TPSA) is 89.9 Å². The molecule has 14 heavy (non-hydrogen) atoms. The van der Waals surface area contributed by atoms with Gasteiger partial charge in [0, 0.05) is 7.05 Å². The van der Waals surface area contributed by atoms with E-state index in [1.807, 2.05) is 0 Å². The van der Waals surface area contributed by atoms with E-state index in [-0.39, 0.29) is 0 Å². The average Bonchev–Trinajstić information content (AvgIpc) is 2.71. The maximum absolute atomic E-state index is 5.69. The Morgan fingerprint density at radius 3 is 2.71 bits per heavy atom. The Labute approximate surface area is 84.2 Å². The van der Waals surface area contributed by atoms with Crippen LogP contribution in [0.4, 0.5) is 10.9 Å². The van der Waals surface area contributed by atoms with Crippen LogP contribution in [0.15, 0.2) is 4.52 Å². The van der Waals surface area contributed by atoms with Crippen molar-refractivity contribution in [2.45, 2.75) is 6.92 Å². The van der Waals surface area contributed by atoms with E-state index in [1.54, 1.807) is 14.0 Å². The maximum Gasteiger partial charge on any atom is 0.271 e. The number of nitrogens with one attached hydrogen (secondary N) is 1. The van der Waals surface area contributed by atoms with Crippen molar-refractivity contribution in [2.75, 3.05) is 18.1 Å². The second-order valence-electron chi connectivity index (χ2n) is 2.63. The molecule has 0 aromatic carbocycles. The molecule has 0 aliphatic heterocycles. The lowest BCUT2D eigenvalue weighted by Crippen LogP contribution is -1.89. The third-order valence-electron chi connectivity index (χ3n) is 1.59. The molecule has 74 valence electrons. The van der Waals surface area contributed by atoms with Crippen molar-refractivity contribution >= 4 is 22.3 Å². The van der Waals surface area contributed by atoms with Crippen molar-refractivity contribution in [3.05, 3.63) is 5.82 Å². The molecule has 2 heterocycles. The first kappa shape index (κ1) is 8.95. The maximum atomic E-state index is 5.69. The quantitative estimate of drug-likeness (QED) is 0.773. The van der Waals surface area contributed by atoms with E-state index in [0.717, 1.165) is 5.13 Å². The van der Waals surface area contributed by atoms with E-state index in [4.69, 9.17) is 10.3 Å². The monoisotopic (exact) mass is 211 g/mol. The smallest absolute Gasteiger partial charge is 0.271 e. The van der Waals surface area contributed by atoms with E-state index in [9.17, 15) is 0 Å². The van der Waals surface area contributed by atoms with Gasteiger partial charge in [0.1, 0.15) is 10.7 Å². The third kappa shape index (κ3) is 1.41. The van der Waals surface area contributed by atoms with E-state index in [2.05, 4.69) is 20.4 Å². The van der Waals surface area contributed by atoms with Gasteiger partial charge in [0.05, 0.1) is 0 Å². The molecule has 0 aliphatic carbocycles. The Kier molecular flexibility index (Phi) is 2.08. The third-order valence-corrected chi connectivity index (χ3v) is 2.67. The number of aromatic nitrogens is 3. The van der Waals surface area contributed by atoms with Gasteiger partial charge in [0.15, 0.2) is 11.0 Å². The van der Waals surface area contributed by atoms with Crippen LogP contribution in [-0.4, -0.2) is 22.2 Å². The van der Waals surface area contributed by atoms with Crippen LogP contribution in [0.2, 0.25) is 0 Å². The first-order valence-electron chi connectivity index (χ1n) is 3.95. The molecular weight excluding hydrogens is 202 g/mol. The van der Waals surface area contributed by atoms with Gasteiger partial charge >= 0.3 is 0 Å². The van der Waals surface area contributed by atoms with Crippen molar-refractivity contribution in [1.82, 2.24) is 15.1 Å². The summed E-state index contributed by atoms with van der Waals surface area (Å²) in [6.45, 7) is 1.75. The summed E-state index contributed by atoms with van der Waals surface area (Å²) in [5.74, 6) is 1.40. The standard InChI is InChI=1S/C7H9N5OS/c1-3-10-6(13-12-3)4-5(8)11-7(9-2)14-4/h8H2,1-2H3,(H,9,11). The van der Waals surface area contributed by atoms with Gasteiger partial charge in [-0.2, -0.15) is 4.98 Å². The fraction of sp³-hybridized carbons (Fsp3) is 0.286. The summed E-state index contributed by atoms with van der Waals surface area (Å²) in [5, 5.41) is 7.32. The lowest BCUT2D eigenvalue weighted by atomic mass is 10.5. The number of nitrogens with zero attached hydrogens (tertiary/aromatic N) is 3. The summed E-state index contributed by atoms with van der Waals surface area (Å²) in [6, 6.07) is 0. The molecule has 0 atom stereocenters. The first-order valence-corrected chi connectivity index (χ1v) is 4.77. The molecule has 2 rings (SSSR count). The molecule has 2 aromatic rings. The lowest BCUT2D eigenvalue weighted by molar-refractivity contribution is 0.426. The molecule has 0 radical (unpaired) electrons. The van der Waals surface area contributed by atoms with Gasteiger partial charge in [-0.1, -0.05) is 16.5 Å². The Morgan fingerprint density at radius 1 is 1.43 bits per heavy atom. The highest BCUT2D eigenvalue weighted by atomic mass is 32.1. The summed E-state index contributed by atoms with van der Waals surface area (Å²) in [4.78, 5) is 8.85. The highest BCUT2D eigenvalue weighted by Crippen LogP contribution is 2.33. The van der Waals surface area contributed by atoms with Crippen LogP contribution < -0.4 is 11.1 Å². The fourth-order valence-corrected chi connectivity index (χ4v) is 1.74. The van der Waals surface area contributed by atoms with Crippen LogP contribution in [0.25, 0.3) is 10.8 Å². The van der Waals surface area contributed by atoms with Crippen molar-refractivity contribution < 1.29 is 4.52 Å². The zero-order chi connectivity index (χ0) is 10.1. The normalized spacial score (nSPS) is 10.4. The van der Waals surface area contributed by atoms with E-state index < -0.39 is 0 Å². The van der Waals surface area contributed by atoms with E-state index in [0.29, 0.717) is 22.4 Å². The minimum Gasteiger partial charge on any atom is -0.382 e. The summed E-state index contributed by atoms with van der Waals surface area (Å²) in [6.07, 6.45) is 0. The number of anilines is 2. The number of rotatable bonds is 2. The number of hydrogen-bond acceptors (Lipinski definition) is 7. The SMILES string of the molecule is CNc1nc(N)c(-c2nc(C)no2)s1. The van der Waals surface area contributed by atoms with Crippen molar-refractivity contribution in [3.8, 4) is 10.8 Å². The molecule has 6 nitrogen and oxygen atoms in total. The van der Waals surface area contributed by atoms with E-state index in [1.165, 1.54) is 11.3 Å². The van der Waals surface area contributed by atoms with Gasteiger partial charge in [-0.25, -0.2) is 4.98 Å². The zero-order valence-electron chi connectivity index (χ0n) is 7.74. The zero-order valence-corrected chi connectivity index (χ0v) is 8.55. The van der Waals surface area contributed by atoms with Gasteiger partial charge in [-0.3, -0.25) is 0 Å². The van der Waals surface area contributed by atoms with E-state index >= 15 is 0 Å². The average molecular weight is 211 g/mol. The predicted octanol–water partition coefficient (Wildman–Crippen LogP) is 1.13. The minimum absolute atomic E-state index is 0.406. The number of hydrogen-bond donors (Lipinski definition) is 2. The number of nitrogens with two attached hydrogens (primary N) is 1. The predicted molar refractivity (Wildman–Crippen MR) is 54.1 cm³/mol. The van der Waals surface area contributed by atoms with Crippen LogP contribution in [0.1, 0.15) is 5.82 Å². The molecule has 0 aliphatic rings. The first-order chi connectivity index (χ1) is 6.70. The fourth-order valence-electron chi connectivity index (χ4n) is 0.981. The Hall–Kier alpha value is -1.63. The van der Waals surface area contributed by atoms with Crippen molar-refractivity contribution in [3.63, 3.8) is 0 Å². The van der Waals surface area contributed by atoms with Crippen LogP contribution in [0, 0.1) is 6.92 Å². The van der Waals surface area contributed by atoms with Crippen molar-refractivity contribution in [2.24, 2.45) is 0 Å². The molecule has 0 amide bonds. The number of thiazole rings is 1. The Bertz CT molecular complexity index is 449. The van der Waals surface area contributed by atoms with Crippen LogP contribution in [-0.2, 0) is 0 Å². The second kappa shape index (κ2) is 3.26. The number of aryl methyl sites for hydroxylation is 1. The minimum atomic E-state index is 0.406. The number of nitrogen functional groups attached to an aromatic ring is 1. The molecule has 0 unspecified atom stereocenters. The molecule has 0 saturated carbocycles. The molecule has 0 spiro atoms. The highest BCUT2D eigenvalue weighted by molar-refractivity contribution is 7.19. The molecule has 0 bridgehead atoms. The summed E-state index contributed by atoms with van der Waals surface area (Å²) >= 11 is 1.38. The largest absolute Gasteiger partial charge is 0.382 e. The second-order valence-corrected chi connectivity index (χ2v) is 3.63. The van der Waals surface area contributed by atoms with Gasteiger partial charge in [-0.05, 0) is 6.92 Å². The lowest BCUT2D eigenvalue weighted by Gasteiger charge is -1.86. The summed E-state index contributed by atoms with van der Waals surface area (Å²) in [7, 11) is 1.78. The molecule has 2 aromatic heterocycles. The molecule has 0 fully saturated rings. The van der Waals surface area contributed by atoms with Gasteiger partial charge in [0.25, 0.3) is 5.89 Å². The summed E-state index contributed by atoms with van der Waals surface area (Å²) < 4.78 is 4.99. The molecular formula is C7H9N5OS. The molecule has 0 saturated heterocycles. The van der Waals surface area contributed by atoms with Crippen LogP contribution in [0.5, 0.6) is 0 Å². The summed E-state index contributed by atoms with van der Waals surface area (Å²) in [5.41, 5.74) is 5.69. The van der Waals surface area contributed by atoms with Crippen LogP contribution >= 0.6 is 11.3 Å². The molecule has 3 N–H and O–H groups in total. The van der Waals surface area contributed by atoms with Gasteiger partial charge in [0.2, 0.25) is 0 Å². The Morgan fingerprint density at radius 2 is 2.21 bits per heavy atom. The highest BCUT2D eigenvalue weighted by Gasteiger charge is 2.15. The Balaban J connectivity index is 2.45.